The number of fused-ring (bicyclic) bond motifs is 1. The third-order valence-electron chi connectivity index (χ3n) is 5.74. The molecule has 0 aliphatic carbocycles. The first kappa shape index (κ1) is 19.3. The fourth-order valence-corrected chi connectivity index (χ4v) is 4.50. The summed E-state index contributed by atoms with van der Waals surface area (Å²) in [4.78, 5) is 2.32. The predicted octanol–water partition coefficient (Wildman–Crippen LogP) is 5.12. The molecule has 3 aromatic rings. The van der Waals surface area contributed by atoms with Crippen LogP contribution in [-0.2, 0) is 6.54 Å². The number of nitrogens with one attached hydrogen (secondary N) is 1. The van der Waals surface area contributed by atoms with Crippen molar-refractivity contribution in [3.05, 3.63) is 64.4 Å². The van der Waals surface area contributed by atoms with E-state index in [0.717, 1.165) is 43.3 Å². The van der Waals surface area contributed by atoms with Crippen molar-refractivity contribution in [1.82, 2.24) is 15.1 Å². The van der Waals surface area contributed by atoms with Crippen LogP contribution in [0.1, 0.15) is 30.0 Å². The van der Waals surface area contributed by atoms with Crippen molar-refractivity contribution in [2.45, 2.75) is 25.3 Å². The first-order valence-corrected chi connectivity index (χ1v) is 10.3. The van der Waals surface area contributed by atoms with E-state index < -0.39 is 11.6 Å². The van der Waals surface area contributed by atoms with Crippen molar-refractivity contribution in [2.24, 2.45) is 0 Å². The van der Waals surface area contributed by atoms with Gasteiger partial charge in [-0.3, -0.25) is 10.00 Å². The molecule has 0 saturated carbocycles. The molecule has 156 valence electrons. The van der Waals surface area contributed by atoms with Crippen LogP contribution in [-0.4, -0.2) is 35.0 Å². The van der Waals surface area contributed by atoms with Crippen molar-refractivity contribution >= 4 is 11.6 Å². The third-order valence-corrected chi connectivity index (χ3v) is 6.09. The maximum Gasteiger partial charge on any atom is 0.231 e. The van der Waals surface area contributed by atoms with Crippen LogP contribution >= 0.6 is 11.6 Å². The van der Waals surface area contributed by atoms with Crippen LogP contribution in [0.4, 0.5) is 8.78 Å². The molecule has 1 fully saturated rings. The molecule has 1 unspecified atom stereocenters. The molecule has 5 rings (SSSR count). The minimum atomic E-state index is -0.592. The molecule has 2 aliphatic rings. The Morgan fingerprint density at radius 3 is 2.80 bits per heavy atom. The number of hydrogen-bond acceptors (Lipinski definition) is 4. The second-order valence-corrected chi connectivity index (χ2v) is 8.10. The Hall–Kier alpha value is -2.64. The Bertz CT molecular complexity index is 1090. The van der Waals surface area contributed by atoms with Gasteiger partial charge in [-0.15, -0.1) is 0 Å². The maximum absolute atomic E-state index is 14.3. The lowest BCUT2D eigenvalue weighted by atomic mass is 9.90. The number of aromatic amines is 1. The highest BCUT2D eigenvalue weighted by Gasteiger charge is 2.27. The van der Waals surface area contributed by atoms with Gasteiger partial charge in [0, 0.05) is 53.0 Å². The summed E-state index contributed by atoms with van der Waals surface area (Å²) in [5.41, 5.74) is 2.90. The summed E-state index contributed by atoms with van der Waals surface area (Å²) in [5, 5.41) is 7.84. The molecule has 2 aliphatic heterocycles. The molecule has 2 aromatic carbocycles. The number of halogens is 3. The lowest BCUT2D eigenvalue weighted by Crippen LogP contribution is -2.34. The zero-order valence-corrected chi connectivity index (χ0v) is 16.9. The zero-order valence-electron chi connectivity index (χ0n) is 16.1. The van der Waals surface area contributed by atoms with Gasteiger partial charge in [0.25, 0.3) is 0 Å². The maximum atomic E-state index is 14.3. The van der Waals surface area contributed by atoms with Crippen LogP contribution in [0.5, 0.6) is 11.5 Å². The van der Waals surface area contributed by atoms with E-state index in [1.54, 1.807) is 12.3 Å². The number of nitrogens with zero attached hydrogens (tertiary/aromatic N) is 2. The van der Waals surface area contributed by atoms with E-state index in [9.17, 15) is 8.78 Å². The van der Waals surface area contributed by atoms with E-state index in [4.69, 9.17) is 21.1 Å². The number of likely N-dealkylation sites (tertiary alicyclic amines) is 1. The molecule has 1 saturated heterocycles. The third kappa shape index (κ3) is 3.63. The van der Waals surface area contributed by atoms with Crippen LogP contribution in [0.2, 0.25) is 5.02 Å². The van der Waals surface area contributed by atoms with E-state index >= 15 is 0 Å². The van der Waals surface area contributed by atoms with Crippen molar-refractivity contribution in [2.75, 3.05) is 19.9 Å². The van der Waals surface area contributed by atoms with Gasteiger partial charge in [-0.2, -0.15) is 5.10 Å². The lowest BCUT2D eigenvalue weighted by Gasteiger charge is -2.33. The number of rotatable bonds is 4. The minimum Gasteiger partial charge on any atom is -0.454 e. The summed E-state index contributed by atoms with van der Waals surface area (Å²) in [6.45, 7) is 2.61. The Kier molecular flexibility index (Phi) is 5.08. The average molecular weight is 432 g/mol. The first-order chi connectivity index (χ1) is 14.6. The molecule has 0 radical (unpaired) electrons. The highest BCUT2D eigenvalue weighted by atomic mass is 35.5. The Morgan fingerprint density at radius 1 is 1.13 bits per heavy atom. The molecule has 0 amide bonds. The van der Waals surface area contributed by atoms with E-state index in [0.29, 0.717) is 34.2 Å². The summed E-state index contributed by atoms with van der Waals surface area (Å²) in [6.07, 6.45) is 3.57. The van der Waals surface area contributed by atoms with E-state index in [1.165, 1.54) is 12.1 Å². The fourth-order valence-electron chi connectivity index (χ4n) is 4.29. The molecule has 1 N–H and O–H groups in total. The SMILES string of the molecule is Fc1ccc(-c2cn[nH]c2C2CCCN(Cc3cc4c(cc3Cl)OCO4)C2)c(F)c1. The number of hydrogen-bond donors (Lipinski definition) is 1. The summed E-state index contributed by atoms with van der Waals surface area (Å²) in [7, 11) is 0. The van der Waals surface area contributed by atoms with Crippen molar-refractivity contribution in [3.8, 4) is 22.6 Å². The smallest absolute Gasteiger partial charge is 0.231 e. The van der Waals surface area contributed by atoms with Crippen LogP contribution in [0.15, 0.2) is 36.5 Å². The van der Waals surface area contributed by atoms with Crippen molar-refractivity contribution < 1.29 is 18.3 Å². The number of aromatic nitrogens is 2. The van der Waals surface area contributed by atoms with Gasteiger partial charge in [-0.25, -0.2) is 8.78 Å². The first-order valence-electron chi connectivity index (χ1n) is 9.87. The van der Waals surface area contributed by atoms with Gasteiger partial charge in [-0.1, -0.05) is 11.6 Å². The molecule has 30 heavy (non-hydrogen) atoms. The lowest BCUT2D eigenvalue weighted by molar-refractivity contribution is 0.173. The monoisotopic (exact) mass is 431 g/mol. The highest BCUT2D eigenvalue weighted by Crippen LogP contribution is 2.39. The van der Waals surface area contributed by atoms with Gasteiger partial charge in [0.2, 0.25) is 6.79 Å². The number of ether oxygens (including phenoxy) is 2. The predicted molar refractivity (Wildman–Crippen MR) is 109 cm³/mol. The largest absolute Gasteiger partial charge is 0.454 e. The van der Waals surface area contributed by atoms with Crippen molar-refractivity contribution in [1.29, 1.82) is 0 Å². The molecule has 1 aromatic heterocycles. The standard InChI is InChI=1S/C22H20ClF2N3O2/c23-18-8-21-20(29-12-30-21)6-14(18)11-28-5-1-2-13(10-28)22-17(9-26-27-22)16-4-3-15(24)7-19(16)25/h3-4,6-9,13H,1-2,5,10-12H2,(H,26,27). The number of piperidine rings is 1. The van der Waals surface area contributed by atoms with E-state index in [1.807, 2.05) is 6.07 Å². The summed E-state index contributed by atoms with van der Waals surface area (Å²) in [6, 6.07) is 7.37. The topological polar surface area (TPSA) is 50.4 Å². The second-order valence-electron chi connectivity index (χ2n) is 7.69. The number of H-pyrrole nitrogens is 1. The average Bonchev–Trinajstić information content (AvgIpc) is 3.38. The van der Waals surface area contributed by atoms with Gasteiger partial charge in [0.05, 0.1) is 6.20 Å². The zero-order chi connectivity index (χ0) is 20.7. The minimum absolute atomic E-state index is 0.161. The van der Waals surface area contributed by atoms with Gasteiger partial charge < -0.3 is 9.47 Å². The molecule has 8 heteroatoms. The van der Waals surface area contributed by atoms with Crippen molar-refractivity contribution in [3.63, 3.8) is 0 Å². The summed E-state index contributed by atoms with van der Waals surface area (Å²) < 4.78 is 38.5. The van der Waals surface area contributed by atoms with Gasteiger partial charge in [0.1, 0.15) is 11.6 Å². The molecule has 0 bridgehead atoms. The highest BCUT2D eigenvalue weighted by molar-refractivity contribution is 6.31. The van der Waals surface area contributed by atoms with E-state index in [-0.39, 0.29) is 12.7 Å². The van der Waals surface area contributed by atoms with Crippen LogP contribution in [0.3, 0.4) is 0 Å². The van der Waals surface area contributed by atoms with Gasteiger partial charge in [-0.05, 0) is 43.1 Å². The van der Waals surface area contributed by atoms with Gasteiger partial charge in [0.15, 0.2) is 11.5 Å². The summed E-state index contributed by atoms with van der Waals surface area (Å²) in [5.74, 6) is 0.367. The molecule has 0 spiro atoms. The molecule has 5 nitrogen and oxygen atoms in total. The molecule has 3 heterocycles. The molecular formula is C22H20ClF2N3O2. The molecule has 1 atom stereocenters. The molecular weight excluding hydrogens is 412 g/mol. The number of benzene rings is 2. The van der Waals surface area contributed by atoms with Crippen LogP contribution in [0.25, 0.3) is 11.1 Å². The quantitative estimate of drug-likeness (QED) is 0.623. The Morgan fingerprint density at radius 2 is 1.97 bits per heavy atom. The fraction of sp³-hybridized carbons (Fsp3) is 0.318. The van der Waals surface area contributed by atoms with Crippen LogP contribution < -0.4 is 9.47 Å². The Labute approximate surface area is 177 Å². The summed E-state index contributed by atoms with van der Waals surface area (Å²) >= 11 is 6.45. The van der Waals surface area contributed by atoms with Gasteiger partial charge >= 0.3 is 0 Å². The Balaban J connectivity index is 1.36. The van der Waals surface area contributed by atoms with E-state index in [2.05, 4.69) is 15.1 Å². The normalized spacial score (nSPS) is 18.7. The van der Waals surface area contributed by atoms with Crippen LogP contribution in [0, 0.1) is 11.6 Å². The second kappa shape index (κ2) is 7.89.